The third-order valence-corrected chi connectivity index (χ3v) is 5.08. The Balaban J connectivity index is 0.00000198. The van der Waals surface area contributed by atoms with Gasteiger partial charge in [0, 0.05) is 19.3 Å². The zero-order chi connectivity index (χ0) is 31.2. The number of hydrogen-bond donors (Lipinski definition) is 1. The predicted octanol–water partition coefficient (Wildman–Crippen LogP) is 6.65. The van der Waals surface area contributed by atoms with E-state index >= 15 is 0 Å². The Labute approximate surface area is 198 Å². The van der Waals surface area contributed by atoms with Gasteiger partial charge >= 0.3 is 62.8 Å². The Bertz CT molecular complexity index is 1030. The molecule has 0 atom stereocenters. The van der Waals surface area contributed by atoms with Gasteiger partial charge in [-0.15, -0.1) is 0 Å². The van der Waals surface area contributed by atoms with Crippen molar-refractivity contribution in [3.63, 3.8) is 0 Å². The van der Waals surface area contributed by atoms with E-state index in [1.54, 1.807) is 12.4 Å². The van der Waals surface area contributed by atoms with Crippen LogP contribution in [0.4, 0.5) is 79.0 Å². The molecule has 0 unspecified atom stereocenters. The molecule has 4 nitrogen and oxygen atoms in total. The van der Waals surface area contributed by atoms with Crippen LogP contribution < -0.4 is 0 Å². The first-order valence-electron chi connectivity index (χ1n) is 8.47. The summed E-state index contributed by atoms with van der Waals surface area (Å²) in [6.07, 6.45) is 3.50. The highest BCUT2D eigenvalue weighted by Crippen LogP contribution is 2.65. The van der Waals surface area contributed by atoms with Gasteiger partial charge in [0.05, 0.1) is 0 Å². The van der Waals surface area contributed by atoms with Gasteiger partial charge in [-0.2, -0.15) is 87.4 Å². The minimum Gasteiger partial charge on any atom is -0.281 e. The molecular formula is C15H9F18NO3S. The fraction of sp³-hybridized carbons (Fsp3) is 0.667. The Hall–Kier alpha value is -2.20. The SMILES string of the molecule is CC(F)(F)C(F)(F)C(F)(F)C(F)(F)C(F)(F)C(F)(F)C(F)(F)C(F)(F)C(F)(F)S(=O)(=O)O.c1ccncc1. The van der Waals surface area contributed by atoms with E-state index in [4.69, 9.17) is 4.55 Å². The molecule has 0 aromatic carbocycles. The molecule has 0 aliphatic rings. The molecule has 0 radical (unpaired) electrons. The number of nitrogens with zero attached hydrogens (tertiary/aromatic N) is 1. The number of aromatic nitrogens is 1. The van der Waals surface area contributed by atoms with Crippen molar-refractivity contribution in [1.82, 2.24) is 4.98 Å². The Morgan fingerprint density at radius 2 is 0.763 bits per heavy atom. The van der Waals surface area contributed by atoms with Crippen molar-refractivity contribution in [3.8, 4) is 0 Å². The molecule has 1 rings (SSSR count). The van der Waals surface area contributed by atoms with Crippen LogP contribution in [0.5, 0.6) is 0 Å². The van der Waals surface area contributed by atoms with Gasteiger partial charge in [-0.3, -0.25) is 9.54 Å². The molecule has 38 heavy (non-hydrogen) atoms. The Kier molecular flexibility index (Phi) is 9.20. The van der Waals surface area contributed by atoms with Crippen molar-refractivity contribution in [1.29, 1.82) is 0 Å². The second-order valence-electron chi connectivity index (χ2n) is 6.93. The molecule has 0 aliphatic heterocycles. The van der Waals surface area contributed by atoms with Crippen molar-refractivity contribution >= 4 is 10.1 Å². The molecule has 1 heterocycles. The second-order valence-corrected chi connectivity index (χ2v) is 8.39. The molecule has 0 bridgehead atoms. The van der Waals surface area contributed by atoms with Crippen molar-refractivity contribution < 1.29 is 92.0 Å². The first-order valence-corrected chi connectivity index (χ1v) is 9.91. The van der Waals surface area contributed by atoms with E-state index in [2.05, 4.69) is 4.98 Å². The summed E-state index contributed by atoms with van der Waals surface area (Å²) < 4.78 is 262. The van der Waals surface area contributed by atoms with Crippen molar-refractivity contribution in [2.75, 3.05) is 0 Å². The highest BCUT2D eigenvalue weighted by molar-refractivity contribution is 7.87. The first-order chi connectivity index (χ1) is 16.2. The molecule has 224 valence electrons. The molecule has 1 aromatic heterocycles. The summed E-state index contributed by atoms with van der Waals surface area (Å²) in [6, 6.07) is 5.72. The molecule has 0 fully saturated rings. The van der Waals surface area contributed by atoms with Gasteiger partial charge in [-0.25, -0.2) is 0 Å². The number of pyridine rings is 1. The molecule has 23 heteroatoms. The van der Waals surface area contributed by atoms with E-state index in [9.17, 15) is 87.4 Å². The maximum atomic E-state index is 13.3. The summed E-state index contributed by atoms with van der Waals surface area (Å²) in [6.45, 7) is -1.37. The fourth-order valence-electron chi connectivity index (χ4n) is 1.92. The lowest BCUT2D eigenvalue weighted by atomic mass is 9.88. The Morgan fingerprint density at radius 1 is 0.500 bits per heavy atom. The standard InChI is InChI=1S/C10H4F18O3S.C5H5N/c1-2(11,12)3(13,14)4(15,16)5(17,18)6(19,20)7(21,22)8(23,24)9(25,26)10(27,28)32(29,30)31;1-2-4-6-5-3-1/h1H3,(H,29,30,31);1-5H. The summed E-state index contributed by atoms with van der Waals surface area (Å²) in [5.41, 5.74) is 0. The zero-order valence-electron chi connectivity index (χ0n) is 17.3. The lowest BCUT2D eigenvalue weighted by Gasteiger charge is -2.43. The highest BCUT2D eigenvalue weighted by Gasteiger charge is 2.97. The van der Waals surface area contributed by atoms with E-state index in [0.717, 1.165) is 0 Å². The zero-order valence-corrected chi connectivity index (χ0v) is 18.1. The van der Waals surface area contributed by atoms with E-state index in [1.807, 2.05) is 18.2 Å². The molecule has 0 aliphatic carbocycles. The van der Waals surface area contributed by atoms with E-state index in [-0.39, 0.29) is 0 Å². The number of halogens is 18. The van der Waals surface area contributed by atoms with Gasteiger partial charge in [-0.05, 0) is 12.1 Å². The van der Waals surface area contributed by atoms with Crippen LogP contribution in [0.2, 0.25) is 0 Å². The van der Waals surface area contributed by atoms with Crippen LogP contribution in [0.15, 0.2) is 30.6 Å². The third kappa shape index (κ3) is 5.06. The van der Waals surface area contributed by atoms with Crippen LogP contribution >= 0.6 is 0 Å². The van der Waals surface area contributed by atoms with Crippen LogP contribution in [0, 0.1) is 0 Å². The van der Waals surface area contributed by atoms with Crippen molar-refractivity contribution in [3.05, 3.63) is 30.6 Å². The summed E-state index contributed by atoms with van der Waals surface area (Å²) in [7, 11) is -7.95. The van der Waals surface area contributed by atoms with Crippen molar-refractivity contribution in [2.45, 2.75) is 59.6 Å². The smallest absolute Gasteiger partial charge is 0.281 e. The number of rotatable bonds is 9. The summed E-state index contributed by atoms with van der Waals surface area (Å²) in [4.78, 5) is 3.78. The normalized spacial score (nSPS) is 15.6. The Morgan fingerprint density at radius 3 is 0.947 bits per heavy atom. The van der Waals surface area contributed by atoms with Gasteiger partial charge in [0.1, 0.15) is 0 Å². The average Bonchev–Trinajstić information content (AvgIpc) is 2.72. The van der Waals surface area contributed by atoms with Crippen LogP contribution in [-0.2, 0) is 10.1 Å². The van der Waals surface area contributed by atoms with Crippen LogP contribution in [0.1, 0.15) is 6.92 Å². The quantitative estimate of drug-likeness (QED) is 0.247. The fourth-order valence-corrected chi connectivity index (χ4v) is 2.37. The molecule has 0 saturated heterocycles. The molecule has 1 aromatic rings. The minimum atomic E-state index is -9.00. The van der Waals surface area contributed by atoms with E-state index in [1.165, 1.54) is 0 Å². The molecule has 0 spiro atoms. The maximum absolute atomic E-state index is 13.3. The van der Waals surface area contributed by atoms with Crippen LogP contribution in [0.25, 0.3) is 0 Å². The number of hydrogen-bond acceptors (Lipinski definition) is 3. The number of alkyl halides is 18. The van der Waals surface area contributed by atoms with Crippen LogP contribution in [0.3, 0.4) is 0 Å². The first kappa shape index (κ1) is 35.8. The van der Waals surface area contributed by atoms with Crippen LogP contribution in [-0.4, -0.2) is 70.6 Å². The second kappa shape index (κ2) is 9.77. The van der Waals surface area contributed by atoms with Gasteiger partial charge in [0.2, 0.25) is 0 Å². The molecule has 0 amide bonds. The molecular weight excluding hydrogens is 616 g/mol. The van der Waals surface area contributed by atoms with Gasteiger partial charge in [0.15, 0.2) is 0 Å². The average molecular weight is 625 g/mol. The van der Waals surface area contributed by atoms with Gasteiger partial charge in [0.25, 0.3) is 0 Å². The summed E-state index contributed by atoms with van der Waals surface area (Å²) in [5.74, 6) is -66.9. The van der Waals surface area contributed by atoms with E-state index in [0.29, 0.717) is 0 Å². The topological polar surface area (TPSA) is 67.3 Å². The monoisotopic (exact) mass is 625 g/mol. The van der Waals surface area contributed by atoms with Crippen molar-refractivity contribution in [2.24, 2.45) is 0 Å². The van der Waals surface area contributed by atoms with Gasteiger partial charge < -0.3 is 0 Å². The molecule has 0 saturated carbocycles. The highest BCUT2D eigenvalue weighted by atomic mass is 32.2. The molecule has 1 N–H and O–H groups in total. The van der Waals surface area contributed by atoms with E-state index < -0.39 is 69.7 Å². The minimum absolute atomic E-state index is 1.37. The summed E-state index contributed by atoms with van der Waals surface area (Å²) in [5, 5.41) is -7.90. The van der Waals surface area contributed by atoms with Gasteiger partial charge in [-0.1, -0.05) is 6.07 Å². The lowest BCUT2D eigenvalue weighted by molar-refractivity contribution is -0.458. The third-order valence-electron chi connectivity index (χ3n) is 4.17. The summed E-state index contributed by atoms with van der Waals surface area (Å²) >= 11 is 0. The lowest BCUT2D eigenvalue weighted by Crippen LogP contribution is -2.76. The maximum Gasteiger partial charge on any atom is 0.438 e. The predicted molar refractivity (Wildman–Crippen MR) is 86.0 cm³/mol. The largest absolute Gasteiger partial charge is 0.438 e.